The number of benzene rings is 4. The lowest BCUT2D eigenvalue weighted by Gasteiger charge is -2.22. The van der Waals surface area contributed by atoms with Gasteiger partial charge in [-0.05, 0) is 73.8 Å². The van der Waals surface area contributed by atoms with Crippen molar-refractivity contribution >= 4 is 11.4 Å². The number of hydrogen-bond acceptors (Lipinski definition) is 2. The van der Waals surface area contributed by atoms with Crippen LogP contribution < -0.4 is 5.73 Å². The molecule has 172 valence electrons. The summed E-state index contributed by atoms with van der Waals surface area (Å²) in [7, 11) is 0. The van der Waals surface area contributed by atoms with Crippen LogP contribution in [0.2, 0.25) is 0 Å². The third-order valence-electron chi connectivity index (χ3n) is 8.11. The number of hydrogen-bond donors (Lipinski definition) is 2. The van der Waals surface area contributed by atoms with Crippen molar-refractivity contribution in [2.24, 2.45) is 5.73 Å². The van der Waals surface area contributed by atoms with E-state index in [1.807, 2.05) is 6.07 Å². The van der Waals surface area contributed by atoms with E-state index in [4.69, 9.17) is 11.1 Å². The SMILES string of the molecule is CC1(C)c2ccccc2-c2ccc(C(=N)/C=C(\N)c3ccc4c(c3)C(C)(C)c3ccccc3-4)cc21. The van der Waals surface area contributed by atoms with Gasteiger partial charge in [0.05, 0.1) is 5.71 Å². The Bertz CT molecular complexity index is 1570. The standard InChI is InChI=1S/C33H30N2/c1-32(2)26-11-7-5-9-22(26)24-15-13-20(17-28(24)32)30(34)19-31(35)21-14-16-25-23-10-6-8-12-27(23)33(3,4)29(25)18-21/h5-19,34H,35H2,1-4H3/b31-19-,34-30?. The lowest BCUT2D eigenvalue weighted by atomic mass is 9.81. The summed E-state index contributed by atoms with van der Waals surface area (Å²) in [6, 6.07) is 30.1. The molecule has 4 aromatic rings. The van der Waals surface area contributed by atoms with Gasteiger partial charge in [-0.3, -0.25) is 0 Å². The molecular formula is C33H30N2. The predicted octanol–water partition coefficient (Wildman–Crippen LogP) is 7.67. The lowest BCUT2D eigenvalue weighted by Crippen LogP contribution is -2.16. The van der Waals surface area contributed by atoms with Crippen molar-refractivity contribution < 1.29 is 0 Å². The molecule has 0 aliphatic heterocycles. The van der Waals surface area contributed by atoms with Gasteiger partial charge in [0, 0.05) is 16.5 Å². The largest absolute Gasteiger partial charge is 0.398 e. The highest BCUT2D eigenvalue weighted by Crippen LogP contribution is 2.50. The molecule has 6 rings (SSSR count). The summed E-state index contributed by atoms with van der Waals surface area (Å²) < 4.78 is 0. The van der Waals surface area contributed by atoms with Crippen LogP contribution >= 0.6 is 0 Å². The van der Waals surface area contributed by atoms with Gasteiger partial charge >= 0.3 is 0 Å². The summed E-state index contributed by atoms with van der Waals surface area (Å²) >= 11 is 0. The van der Waals surface area contributed by atoms with E-state index in [1.54, 1.807) is 6.08 Å². The maximum atomic E-state index is 8.84. The van der Waals surface area contributed by atoms with E-state index in [2.05, 4.69) is 107 Å². The third-order valence-corrected chi connectivity index (χ3v) is 8.11. The van der Waals surface area contributed by atoms with Crippen molar-refractivity contribution in [3.8, 4) is 22.3 Å². The van der Waals surface area contributed by atoms with E-state index in [0.717, 1.165) is 11.1 Å². The molecule has 0 spiro atoms. The van der Waals surface area contributed by atoms with Gasteiger partial charge in [-0.15, -0.1) is 0 Å². The van der Waals surface area contributed by atoms with Gasteiger partial charge in [0.1, 0.15) is 0 Å². The second-order valence-electron chi connectivity index (χ2n) is 10.9. The number of rotatable bonds is 3. The molecule has 0 bridgehead atoms. The number of fused-ring (bicyclic) bond motifs is 6. The zero-order valence-electron chi connectivity index (χ0n) is 20.7. The Kier molecular flexibility index (Phi) is 4.50. The van der Waals surface area contributed by atoms with Crippen molar-refractivity contribution in [3.63, 3.8) is 0 Å². The van der Waals surface area contributed by atoms with Crippen molar-refractivity contribution in [3.05, 3.63) is 124 Å². The second kappa shape index (κ2) is 7.29. The molecule has 35 heavy (non-hydrogen) atoms. The Balaban J connectivity index is 1.35. The molecule has 2 aliphatic carbocycles. The van der Waals surface area contributed by atoms with E-state index >= 15 is 0 Å². The third kappa shape index (κ3) is 3.06. The molecule has 0 saturated heterocycles. The molecule has 0 unspecified atom stereocenters. The Labute approximate surface area is 207 Å². The fourth-order valence-corrected chi connectivity index (χ4v) is 6.08. The smallest absolute Gasteiger partial charge is 0.0633 e. The summed E-state index contributed by atoms with van der Waals surface area (Å²) in [5, 5.41) is 8.84. The monoisotopic (exact) mass is 454 g/mol. The van der Waals surface area contributed by atoms with Gasteiger partial charge < -0.3 is 11.1 Å². The molecule has 4 aromatic carbocycles. The molecule has 0 aromatic heterocycles. The van der Waals surface area contributed by atoms with Crippen LogP contribution in [0.15, 0.2) is 91.0 Å². The van der Waals surface area contributed by atoms with Crippen molar-refractivity contribution in [1.82, 2.24) is 0 Å². The summed E-state index contributed by atoms with van der Waals surface area (Å²) in [4.78, 5) is 0. The maximum Gasteiger partial charge on any atom is 0.0633 e. The Morgan fingerprint density at radius 3 is 1.57 bits per heavy atom. The first-order chi connectivity index (χ1) is 16.7. The van der Waals surface area contributed by atoms with E-state index < -0.39 is 0 Å². The molecule has 0 atom stereocenters. The molecule has 0 saturated carbocycles. The van der Waals surface area contributed by atoms with Crippen LogP contribution in [0.5, 0.6) is 0 Å². The van der Waals surface area contributed by atoms with E-state index in [1.165, 1.54) is 44.5 Å². The summed E-state index contributed by atoms with van der Waals surface area (Å²) in [6.45, 7) is 9.07. The van der Waals surface area contributed by atoms with Crippen LogP contribution in [0.4, 0.5) is 0 Å². The van der Waals surface area contributed by atoms with Crippen LogP contribution in [0.3, 0.4) is 0 Å². The zero-order valence-corrected chi connectivity index (χ0v) is 20.7. The topological polar surface area (TPSA) is 49.9 Å². The van der Waals surface area contributed by atoms with Gasteiger partial charge in [0.15, 0.2) is 0 Å². The number of nitrogens with one attached hydrogen (secondary N) is 1. The van der Waals surface area contributed by atoms with Gasteiger partial charge in [0.25, 0.3) is 0 Å². The molecule has 0 radical (unpaired) electrons. The highest BCUT2D eigenvalue weighted by atomic mass is 14.6. The average Bonchev–Trinajstić information content (AvgIpc) is 3.23. The first-order valence-corrected chi connectivity index (χ1v) is 12.2. The van der Waals surface area contributed by atoms with E-state index in [-0.39, 0.29) is 10.8 Å². The minimum absolute atomic E-state index is 0.0731. The predicted molar refractivity (Wildman–Crippen MR) is 147 cm³/mol. The van der Waals surface area contributed by atoms with Crippen molar-refractivity contribution in [2.75, 3.05) is 0 Å². The normalized spacial score (nSPS) is 16.3. The van der Waals surface area contributed by atoms with Crippen LogP contribution in [-0.2, 0) is 10.8 Å². The lowest BCUT2D eigenvalue weighted by molar-refractivity contribution is 0.660. The minimum Gasteiger partial charge on any atom is -0.398 e. The van der Waals surface area contributed by atoms with Crippen LogP contribution in [-0.4, -0.2) is 5.71 Å². The Morgan fingerprint density at radius 2 is 1.03 bits per heavy atom. The Morgan fingerprint density at radius 1 is 0.600 bits per heavy atom. The minimum atomic E-state index is -0.0853. The van der Waals surface area contributed by atoms with Crippen LogP contribution in [0.25, 0.3) is 28.0 Å². The first kappa shape index (κ1) is 21.6. The number of allylic oxidation sites excluding steroid dienone is 1. The van der Waals surface area contributed by atoms with Gasteiger partial charge in [0.2, 0.25) is 0 Å². The Hall–Kier alpha value is -3.91. The fraction of sp³-hybridized carbons (Fsp3) is 0.182. The molecule has 0 amide bonds. The molecule has 2 nitrogen and oxygen atoms in total. The molecule has 0 heterocycles. The molecule has 2 aliphatic rings. The highest BCUT2D eigenvalue weighted by Gasteiger charge is 2.36. The fourth-order valence-electron chi connectivity index (χ4n) is 6.08. The van der Waals surface area contributed by atoms with Crippen molar-refractivity contribution in [1.29, 1.82) is 5.41 Å². The molecule has 2 heteroatoms. The highest BCUT2D eigenvalue weighted by molar-refractivity contribution is 6.10. The zero-order chi connectivity index (χ0) is 24.5. The molecular weight excluding hydrogens is 424 g/mol. The van der Waals surface area contributed by atoms with Crippen molar-refractivity contribution in [2.45, 2.75) is 38.5 Å². The number of nitrogens with two attached hydrogens (primary N) is 1. The quantitative estimate of drug-likeness (QED) is 0.307. The van der Waals surface area contributed by atoms with Gasteiger partial charge in [-0.1, -0.05) is 100 Å². The summed E-state index contributed by atoms with van der Waals surface area (Å²) in [5.41, 5.74) is 19.7. The molecule has 3 N–H and O–H groups in total. The average molecular weight is 455 g/mol. The second-order valence-corrected chi connectivity index (χ2v) is 10.9. The molecule has 0 fully saturated rings. The van der Waals surface area contributed by atoms with E-state index in [0.29, 0.717) is 11.4 Å². The maximum absolute atomic E-state index is 8.84. The van der Waals surface area contributed by atoms with Gasteiger partial charge in [-0.25, -0.2) is 0 Å². The summed E-state index contributed by atoms with van der Waals surface area (Å²) in [5.74, 6) is 0. The van der Waals surface area contributed by atoms with Gasteiger partial charge in [-0.2, -0.15) is 0 Å². The summed E-state index contributed by atoms with van der Waals surface area (Å²) in [6.07, 6.45) is 1.80. The first-order valence-electron chi connectivity index (χ1n) is 12.2. The van der Waals surface area contributed by atoms with Crippen LogP contribution in [0.1, 0.15) is 61.1 Å². The van der Waals surface area contributed by atoms with Crippen LogP contribution in [0, 0.1) is 5.41 Å². The van der Waals surface area contributed by atoms with E-state index in [9.17, 15) is 0 Å².